The highest BCUT2D eigenvalue weighted by atomic mass is 16.6. The van der Waals surface area contributed by atoms with Crippen molar-refractivity contribution in [1.29, 1.82) is 0 Å². The SMILES string of the molecule is O=C(OCc1ccccc1)N1CC(O)CN1C(=O)OCc1ccccc1. The number of carbonyl (C=O) groups is 2. The van der Waals surface area contributed by atoms with Gasteiger partial charge in [-0.3, -0.25) is 0 Å². The zero-order valence-corrected chi connectivity index (χ0v) is 14.2. The average molecular weight is 356 g/mol. The number of benzene rings is 2. The maximum Gasteiger partial charge on any atom is 0.429 e. The van der Waals surface area contributed by atoms with E-state index < -0.39 is 18.3 Å². The van der Waals surface area contributed by atoms with Crippen LogP contribution in [0.5, 0.6) is 0 Å². The zero-order chi connectivity index (χ0) is 18.4. The van der Waals surface area contributed by atoms with Gasteiger partial charge >= 0.3 is 12.2 Å². The first-order valence-corrected chi connectivity index (χ1v) is 8.28. The van der Waals surface area contributed by atoms with Gasteiger partial charge in [0.05, 0.1) is 19.2 Å². The minimum Gasteiger partial charge on any atom is -0.443 e. The molecule has 1 aliphatic heterocycles. The summed E-state index contributed by atoms with van der Waals surface area (Å²) < 4.78 is 10.5. The number of β-amino-alcohol motifs (C(OH)–C–C–N with tert-alkyl or cyclic N) is 1. The molecule has 0 aromatic heterocycles. The number of hydrogen-bond donors (Lipinski definition) is 1. The van der Waals surface area contributed by atoms with Gasteiger partial charge in [-0.05, 0) is 11.1 Å². The molecule has 0 saturated carbocycles. The molecule has 0 bridgehead atoms. The molecule has 2 aromatic rings. The Morgan fingerprint density at radius 2 is 1.19 bits per heavy atom. The summed E-state index contributed by atoms with van der Waals surface area (Å²) >= 11 is 0. The minimum atomic E-state index is -0.844. The number of ether oxygens (including phenoxy) is 2. The van der Waals surface area contributed by atoms with Crippen LogP contribution < -0.4 is 0 Å². The van der Waals surface area contributed by atoms with E-state index in [2.05, 4.69) is 0 Å². The van der Waals surface area contributed by atoms with Crippen LogP contribution in [-0.4, -0.2) is 46.5 Å². The molecule has 1 N–H and O–H groups in total. The summed E-state index contributed by atoms with van der Waals surface area (Å²) in [6, 6.07) is 18.4. The van der Waals surface area contributed by atoms with Crippen molar-refractivity contribution in [1.82, 2.24) is 10.0 Å². The fourth-order valence-corrected chi connectivity index (χ4v) is 2.59. The number of nitrogens with zero attached hydrogens (tertiary/aromatic N) is 2. The van der Waals surface area contributed by atoms with Crippen molar-refractivity contribution in [2.45, 2.75) is 19.3 Å². The highest BCUT2D eigenvalue weighted by Gasteiger charge is 2.38. The average Bonchev–Trinajstić information content (AvgIpc) is 3.08. The molecule has 0 atom stereocenters. The fourth-order valence-electron chi connectivity index (χ4n) is 2.59. The van der Waals surface area contributed by atoms with E-state index in [1.165, 1.54) is 0 Å². The van der Waals surface area contributed by atoms with E-state index in [-0.39, 0.29) is 26.3 Å². The van der Waals surface area contributed by atoms with Gasteiger partial charge in [-0.1, -0.05) is 60.7 Å². The van der Waals surface area contributed by atoms with Crippen LogP contribution in [0.1, 0.15) is 11.1 Å². The third-order valence-corrected chi connectivity index (χ3v) is 3.89. The Bertz CT molecular complexity index is 675. The predicted molar refractivity (Wildman–Crippen MR) is 92.7 cm³/mol. The molecule has 7 nitrogen and oxygen atoms in total. The summed E-state index contributed by atoms with van der Waals surface area (Å²) in [6.45, 7) is 0.125. The van der Waals surface area contributed by atoms with Crippen LogP contribution in [0.25, 0.3) is 0 Å². The quantitative estimate of drug-likeness (QED) is 0.911. The molecule has 7 heteroatoms. The van der Waals surface area contributed by atoms with E-state index >= 15 is 0 Å². The first-order chi connectivity index (χ1) is 12.6. The highest BCUT2D eigenvalue weighted by molar-refractivity contribution is 5.75. The Hall–Kier alpha value is -3.06. The molecule has 3 rings (SSSR count). The lowest BCUT2D eigenvalue weighted by molar-refractivity contribution is 0.00184. The lowest BCUT2D eigenvalue weighted by Gasteiger charge is -2.25. The Labute approximate surface area is 151 Å². The molecule has 0 aliphatic carbocycles. The van der Waals surface area contributed by atoms with E-state index in [1.807, 2.05) is 60.7 Å². The van der Waals surface area contributed by atoms with Crippen molar-refractivity contribution in [3.8, 4) is 0 Å². The van der Waals surface area contributed by atoms with E-state index in [9.17, 15) is 14.7 Å². The van der Waals surface area contributed by atoms with Gasteiger partial charge in [-0.15, -0.1) is 0 Å². The monoisotopic (exact) mass is 356 g/mol. The molecule has 1 fully saturated rings. The minimum absolute atomic E-state index is 0.0198. The van der Waals surface area contributed by atoms with Crippen LogP contribution in [0.4, 0.5) is 9.59 Å². The Kier molecular flexibility index (Phi) is 5.70. The molecule has 0 spiro atoms. The van der Waals surface area contributed by atoms with Gasteiger partial charge in [0.25, 0.3) is 0 Å². The molecular weight excluding hydrogens is 336 g/mol. The lowest BCUT2D eigenvalue weighted by Crippen LogP contribution is -2.45. The molecule has 0 radical (unpaired) electrons. The van der Waals surface area contributed by atoms with Crippen LogP contribution in [-0.2, 0) is 22.7 Å². The molecule has 2 amide bonds. The summed E-state index contributed by atoms with van der Waals surface area (Å²) in [6.07, 6.45) is -2.26. The van der Waals surface area contributed by atoms with Crippen LogP contribution >= 0.6 is 0 Å². The van der Waals surface area contributed by atoms with Crippen molar-refractivity contribution >= 4 is 12.2 Å². The van der Waals surface area contributed by atoms with Crippen molar-refractivity contribution in [3.63, 3.8) is 0 Å². The van der Waals surface area contributed by atoms with Crippen LogP contribution in [0.15, 0.2) is 60.7 Å². The van der Waals surface area contributed by atoms with Crippen LogP contribution in [0.2, 0.25) is 0 Å². The molecule has 2 aromatic carbocycles. The number of amides is 2. The van der Waals surface area contributed by atoms with Gasteiger partial charge in [0.1, 0.15) is 13.2 Å². The van der Waals surface area contributed by atoms with Crippen molar-refractivity contribution in [3.05, 3.63) is 71.8 Å². The van der Waals surface area contributed by atoms with E-state index in [1.54, 1.807) is 0 Å². The van der Waals surface area contributed by atoms with Crippen molar-refractivity contribution in [2.75, 3.05) is 13.1 Å². The Morgan fingerprint density at radius 3 is 1.58 bits per heavy atom. The predicted octanol–water partition coefficient (Wildman–Crippen LogP) is 2.55. The molecule has 1 saturated heterocycles. The second-order valence-corrected chi connectivity index (χ2v) is 5.90. The topological polar surface area (TPSA) is 79.3 Å². The number of aliphatic hydroxyl groups excluding tert-OH is 1. The van der Waals surface area contributed by atoms with Gasteiger partial charge in [0.15, 0.2) is 0 Å². The summed E-state index contributed by atoms with van der Waals surface area (Å²) in [4.78, 5) is 24.6. The van der Waals surface area contributed by atoms with E-state index in [4.69, 9.17) is 9.47 Å². The van der Waals surface area contributed by atoms with Gasteiger partial charge in [0, 0.05) is 0 Å². The smallest absolute Gasteiger partial charge is 0.429 e. The van der Waals surface area contributed by atoms with Crippen molar-refractivity contribution in [2.24, 2.45) is 0 Å². The molecule has 136 valence electrons. The number of hydrogen-bond acceptors (Lipinski definition) is 5. The van der Waals surface area contributed by atoms with Gasteiger partial charge in [-0.25, -0.2) is 19.6 Å². The Balaban J connectivity index is 1.56. The molecule has 1 heterocycles. The first-order valence-electron chi connectivity index (χ1n) is 8.28. The van der Waals surface area contributed by atoms with Gasteiger partial charge in [-0.2, -0.15) is 0 Å². The molecule has 0 unspecified atom stereocenters. The lowest BCUT2D eigenvalue weighted by atomic mass is 10.2. The fraction of sp³-hybridized carbons (Fsp3) is 0.263. The highest BCUT2D eigenvalue weighted by Crippen LogP contribution is 2.16. The standard InChI is InChI=1S/C19H20N2O5/c22-17-11-20(18(23)25-13-15-7-3-1-4-8-15)21(12-17)19(24)26-14-16-9-5-2-6-10-16/h1-10,17,22H,11-14H2. The normalized spacial score (nSPS) is 14.3. The van der Waals surface area contributed by atoms with Gasteiger partial charge in [0.2, 0.25) is 0 Å². The maximum atomic E-state index is 12.3. The Morgan fingerprint density at radius 1 is 0.808 bits per heavy atom. The van der Waals surface area contributed by atoms with Crippen LogP contribution in [0.3, 0.4) is 0 Å². The van der Waals surface area contributed by atoms with Crippen LogP contribution in [0, 0.1) is 0 Å². The molecule has 26 heavy (non-hydrogen) atoms. The summed E-state index contributed by atoms with van der Waals surface area (Å²) in [7, 11) is 0. The second kappa shape index (κ2) is 8.35. The van der Waals surface area contributed by atoms with E-state index in [0.717, 1.165) is 21.1 Å². The van der Waals surface area contributed by atoms with Crippen molar-refractivity contribution < 1.29 is 24.2 Å². The summed E-state index contributed by atoms with van der Waals surface area (Å²) in [5.74, 6) is 0. The third-order valence-electron chi connectivity index (χ3n) is 3.89. The summed E-state index contributed by atoms with van der Waals surface area (Å²) in [5.41, 5.74) is 1.66. The molecule has 1 aliphatic rings. The number of rotatable bonds is 4. The van der Waals surface area contributed by atoms with E-state index in [0.29, 0.717) is 0 Å². The molecular formula is C19H20N2O5. The number of aliphatic hydroxyl groups is 1. The number of carbonyl (C=O) groups excluding carboxylic acids is 2. The number of hydrazine groups is 1. The summed E-state index contributed by atoms with van der Waals surface area (Å²) in [5, 5.41) is 12.0. The largest absolute Gasteiger partial charge is 0.443 e. The second-order valence-electron chi connectivity index (χ2n) is 5.90. The third kappa shape index (κ3) is 4.52. The first kappa shape index (κ1) is 17.8. The zero-order valence-electron chi connectivity index (χ0n) is 14.2. The maximum absolute atomic E-state index is 12.3. The van der Waals surface area contributed by atoms with Gasteiger partial charge < -0.3 is 14.6 Å².